The van der Waals surface area contributed by atoms with Crippen molar-refractivity contribution in [2.45, 2.75) is 46.3 Å². The molecule has 0 saturated heterocycles. The zero-order chi connectivity index (χ0) is 24.4. The summed E-state index contributed by atoms with van der Waals surface area (Å²) in [5.74, 6) is -0.312. The Balaban J connectivity index is 0.0000102. The second kappa shape index (κ2) is 14.8. The fourth-order valence-electron chi connectivity index (χ4n) is 3.29. The van der Waals surface area contributed by atoms with E-state index in [4.69, 9.17) is 4.74 Å². The normalized spacial score (nSPS) is 12.8. The van der Waals surface area contributed by atoms with E-state index >= 15 is 0 Å². The maximum absolute atomic E-state index is 12.1. The van der Waals surface area contributed by atoms with Crippen molar-refractivity contribution in [3.63, 3.8) is 0 Å². The SMILES string of the molecule is CCN(CC)C(C)OC(=O)CCCc1ccc(N(CCS(C)(=O)=O)CCS(C)(=O)=O)cc1.Cl. The van der Waals surface area contributed by atoms with Crippen LogP contribution in [0.2, 0.25) is 0 Å². The molecule has 8 nitrogen and oxygen atoms in total. The fourth-order valence-corrected chi connectivity index (χ4v) is 4.40. The molecule has 192 valence electrons. The Labute approximate surface area is 205 Å². The zero-order valence-electron chi connectivity index (χ0n) is 20.3. The Hall–Kier alpha value is -1.36. The van der Waals surface area contributed by atoms with Gasteiger partial charge < -0.3 is 9.64 Å². The molecule has 0 amide bonds. The molecule has 1 rings (SSSR count). The number of sulfone groups is 2. The van der Waals surface area contributed by atoms with Gasteiger partial charge in [0.15, 0.2) is 6.23 Å². The van der Waals surface area contributed by atoms with Crippen LogP contribution in [0.3, 0.4) is 0 Å². The third kappa shape index (κ3) is 13.8. The van der Waals surface area contributed by atoms with Gasteiger partial charge in [-0.3, -0.25) is 9.69 Å². The van der Waals surface area contributed by atoms with Gasteiger partial charge in [0, 0.05) is 37.7 Å². The number of benzene rings is 1. The van der Waals surface area contributed by atoms with Crippen molar-refractivity contribution in [3.05, 3.63) is 29.8 Å². The number of anilines is 1. The highest BCUT2D eigenvalue weighted by atomic mass is 35.5. The van der Waals surface area contributed by atoms with Gasteiger partial charge >= 0.3 is 5.97 Å². The molecule has 1 aromatic carbocycles. The molecule has 0 saturated carbocycles. The predicted octanol–water partition coefficient (Wildman–Crippen LogP) is 2.56. The fraction of sp³-hybridized carbons (Fsp3) is 0.682. The first-order valence-electron chi connectivity index (χ1n) is 11.0. The van der Waals surface area contributed by atoms with E-state index in [2.05, 4.69) is 4.90 Å². The van der Waals surface area contributed by atoms with Crippen molar-refractivity contribution >= 4 is 43.7 Å². The second-order valence-electron chi connectivity index (χ2n) is 8.08. The van der Waals surface area contributed by atoms with Crippen molar-refractivity contribution in [2.75, 3.05) is 55.1 Å². The summed E-state index contributed by atoms with van der Waals surface area (Å²) < 4.78 is 51.7. The second-order valence-corrected chi connectivity index (χ2v) is 12.6. The van der Waals surface area contributed by atoms with Crippen LogP contribution in [0.25, 0.3) is 0 Å². The molecule has 0 fully saturated rings. The lowest BCUT2D eigenvalue weighted by molar-refractivity contribution is -0.157. The van der Waals surface area contributed by atoms with E-state index in [1.165, 1.54) is 12.5 Å². The van der Waals surface area contributed by atoms with Gasteiger partial charge in [0.25, 0.3) is 0 Å². The molecule has 1 unspecified atom stereocenters. The Morgan fingerprint density at radius 1 is 0.939 bits per heavy atom. The maximum atomic E-state index is 12.1. The lowest BCUT2D eigenvalue weighted by Crippen LogP contribution is -2.36. The van der Waals surface area contributed by atoms with Crippen LogP contribution in [0, 0.1) is 0 Å². The highest BCUT2D eigenvalue weighted by Gasteiger charge is 2.15. The Morgan fingerprint density at radius 3 is 1.85 bits per heavy atom. The highest BCUT2D eigenvalue weighted by molar-refractivity contribution is 7.90. The van der Waals surface area contributed by atoms with Crippen molar-refractivity contribution in [2.24, 2.45) is 0 Å². The van der Waals surface area contributed by atoms with E-state index in [1.807, 2.05) is 45.0 Å². The minimum absolute atomic E-state index is 0. The van der Waals surface area contributed by atoms with Crippen molar-refractivity contribution in [1.82, 2.24) is 4.90 Å². The van der Waals surface area contributed by atoms with Gasteiger partial charge in [-0.1, -0.05) is 26.0 Å². The lowest BCUT2D eigenvalue weighted by atomic mass is 10.1. The van der Waals surface area contributed by atoms with E-state index in [9.17, 15) is 21.6 Å². The predicted molar refractivity (Wildman–Crippen MR) is 137 cm³/mol. The van der Waals surface area contributed by atoms with E-state index < -0.39 is 19.7 Å². The van der Waals surface area contributed by atoms with Crippen LogP contribution in [0.1, 0.15) is 39.2 Å². The summed E-state index contributed by atoms with van der Waals surface area (Å²) in [6.07, 6.45) is 3.80. The lowest BCUT2D eigenvalue weighted by Gasteiger charge is -2.25. The highest BCUT2D eigenvalue weighted by Crippen LogP contribution is 2.17. The van der Waals surface area contributed by atoms with E-state index in [1.54, 1.807) is 4.90 Å². The minimum atomic E-state index is -3.17. The van der Waals surface area contributed by atoms with Crippen molar-refractivity contribution in [1.29, 1.82) is 0 Å². The number of halogens is 1. The number of aryl methyl sites for hydroxylation is 1. The molecule has 0 aliphatic rings. The first kappa shape index (κ1) is 31.6. The van der Waals surface area contributed by atoms with Gasteiger partial charge in [0.05, 0.1) is 11.5 Å². The standard InChI is InChI=1S/C22H38N2O6S2.ClH/c1-6-23(7-2)19(3)30-22(25)10-8-9-20-11-13-21(14-12-20)24(15-17-31(4,26)27)16-18-32(5,28)29;/h11-14,19H,6-10,15-18H2,1-5H3;1H. The van der Waals surface area contributed by atoms with Gasteiger partial charge in [-0.2, -0.15) is 0 Å². The zero-order valence-corrected chi connectivity index (χ0v) is 22.8. The number of carbonyl (C=O) groups excluding carboxylic acids is 1. The number of nitrogens with zero attached hydrogens (tertiary/aromatic N) is 2. The smallest absolute Gasteiger partial charge is 0.307 e. The molecule has 0 aliphatic carbocycles. The minimum Gasteiger partial charge on any atom is -0.447 e. The van der Waals surface area contributed by atoms with Gasteiger partial charge in [-0.25, -0.2) is 16.8 Å². The quantitative estimate of drug-likeness (QED) is 0.254. The number of ether oxygens (including phenoxy) is 1. The van der Waals surface area contributed by atoms with Gasteiger partial charge in [-0.05, 0) is 50.6 Å². The summed E-state index contributed by atoms with van der Waals surface area (Å²) >= 11 is 0. The van der Waals surface area contributed by atoms with Crippen LogP contribution in [0.4, 0.5) is 5.69 Å². The molecular formula is C22H39ClN2O6S2. The topological polar surface area (TPSA) is 101 Å². The molecule has 0 N–H and O–H groups in total. The number of carbonyl (C=O) groups is 1. The summed E-state index contributed by atoms with van der Waals surface area (Å²) in [4.78, 5) is 15.9. The van der Waals surface area contributed by atoms with Crippen LogP contribution in [0.5, 0.6) is 0 Å². The van der Waals surface area contributed by atoms with Crippen molar-refractivity contribution in [3.8, 4) is 0 Å². The third-order valence-electron chi connectivity index (χ3n) is 5.24. The molecule has 0 aromatic heterocycles. The first-order chi connectivity index (χ1) is 14.8. The van der Waals surface area contributed by atoms with Gasteiger partial charge in [0.2, 0.25) is 0 Å². The summed E-state index contributed by atoms with van der Waals surface area (Å²) in [5.41, 5.74) is 1.82. The van der Waals surface area contributed by atoms with E-state index in [-0.39, 0.29) is 49.2 Å². The molecule has 0 spiro atoms. The van der Waals surface area contributed by atoms with Gasteiger partial charge in [0.1, 0.15) is 19.7 Å². The Bertz CT molecular complexity index is 881. The van der Waals surface area contributed by atoms with Gasteiger partial charge in [-0.15, -0.1) is 12.4 Å². The van der Waals surface area contributed by atoms with Crippen LogP contribution in [-0.2, 0) is 35.6 Å². The molecular weight excluding hydrogens is 488 g/mol. The molecule has 11 heteroatoms. The monoisotopic (exact) mass is 526 g/mol. The van der Waals surface area contributed by atoms with Crippen molar-refractivity contribution < 1.29 is 26.4 Å². The summed E-state index contributed by atoms with van der Waals surface area (Å²) in [7, 11) is -6.33. The number of hydrogen-bond acceptors (Lipinski definition) is 8. The average molecular weight is 527 g/mol. The van der Waals surface area contributed by atoms with E-state index in [0.29, 0.717) is 19.3 Å². The Morgan fingerprint density at radius 2 is 1.42 bits per heavy atom. The maximum Gasteiger partial charge on any atom is 0.307 e. The summed E-state index contributed by atoms with van der Waals surface area (Å²) in [6.45, 7) is 8.03. The molecule has 1 atom stereocenters. The largest absolute Gasteiger partial charge is 0.447 e. The van der Waals surface area contributed by atoms with Crippen LogP contribution < -0.4 is 4.90 Å². The number of rotatable bonds is 15. The average Bonchev–Trinajstić information content (AvgIpc) is 2.68. The number of esters is 1. The summed E-state index contributed by atoms with van der Waals surface area (Å²) in [5, 5.41) is 0. The van der Waals surface area contributed by atoms with Crippen LogP contribution in [-0.4, -0.2) is 84.1 Å². The summed E-state index contributed by atoms with van der Waals surface area (Å²) in [6, 6.07) is 7.57. The molecule has 0 aliphatic heterocycles. The number of hydrogen-bond donors (Lipinski definition) is 0. The third-order valence-corrected chi connectivity index (χ3v) is 7.09. The van der Waals surface area contributed by atoms with Crippen LogP contribution in [0.15, 0.2) is 24.3 Å². The van der Waals surface area contributed by atoms with E-state index in [0.717, 1.165) is 24.3 Å². The first-order valence-corrected chi connectivity index (χ1v) is 15.1. The molecule has 33 heavy (non-hydrogen) atoms. The van der Waals surface area contributed by atoms with Crippen LogP contribution >= 0.6 is 12.4 Å². The Kier molecular flexibility index (Phi) is 14.2. The molecule has 1 aromatic rings. The molecule has 0 radical (unpaired) electrons. The molecule has 0 bridgehead atoms. The molecule has 0 heterocycles.